The molecule has 0 radical (unpaired) electrons. The molecule has 1 aliphatic rings. The number of hydrogen-bond acceptors (Lipinski definition) is 6. The molecule has 1 saturated heterocycles. The number of benzene rings is 2. The minimum Gasteiger partial charge on any atom is -0.338 e. The van der Waals surface area contributed by atoms with E-state index in [4.69, 9.17) is 38.2 Å². The maximum absolute atomic E-state index is 13.0. The van der Waals surface area contributed by atoms with Gasteiger partial charge >= 0.3 is 0 Å². The first-order chi connectivity index (χ1) is 16.9. The number of alkyl halides is 1. The molecule has 5 nitrogen and oxygen atoms in total. The number of nitrogens with zero attached hydrogens (tertiary/aromatic N) is 4. The van der Waals surface area contributed by atoms with Crippen LogP contribution in [0.1, 0.15) is 42.8 Å². The lowest BCUT2D eigenvalue weighted by atomic mass is 10.0. The SMILES string of the molecule is CC(C)C1CCCN1c1nc(Nc2ccc(CF)cc2)c2nc(Cc3c(Cl)cccc3Cl)sc2n1. The van der Waals surface area contributed by atoms with E-state index in [0.29, 0.717) is 51.3 Å². The summed E-state index contributed by atoms with van der Waals surface area (Å²) < 4.78 is 13.0. The maximum Gasteiger partial charge on any atom is 0.229 e. The predicted molar refractivity (Wildman–Crippen MR) is 144 cm³/mol. The summed E-state index contributed by atoms with van der Waals surface area (Å²) in [7, 11) is 0. The van der Waals surface area contributed by atoms with Crippen LogP contribution in [0.2, 0.25) is 10.0 Å². The highest BCUT2D eigenvalue weighted by molar-refractivity contribution is 7.18. The third-order valence-corrected chi connectivity index (χ3v) is 8.04. The number of fused-ring (bicyclic) bond motifs is 1. The Morgan fingerprint density at radius 1 is 1.09 bits per heavy atom. The van der Waals surface area contributed by atoms with Crippen LogP contribution in [0.4, 0.5) is 21.8 Å². The van der Waals surface area contributed by atoms with E-state index in [1.165, 1.54) is 11.3 Å². The standard InChI is InChI=1S/C26H26Cl2FN5S/c1-15(2)21-7-4-12-34(21)26-32-24(30-17-10-8-16(14-29)9-11-17)23-25(33-26)35-22(31-23)13-18-19(27)5-3-6-20(18)28/h3,5-6,8-11,15,21H,4,7,12-14H2,1-2H3,(H,30,32,33). The minimum absolute atomic E-state index is 0.401. The molecule has 2 aromatic carbocycles. The Bertz CT molecular complexity index is 1320. The molecule has 5 rings (SSSR count). The highest BCUT2D eigenvalue weighted by atomic mass is 35.5. The monoisotopic (exact) mass is 529 g/mol. The van der Waals surface area contributed by atoms with E-state index >= 15 is 0 Å². The Balaban J connectivity index is 1.57. The molecule has 0 spiro atoms. The Hall–Kier alpha value is -2.48. The molecule has 1 fully saturated rings. The van der Waals surface area contributed by atoms with Gasteiger partial charge in [-0.3, -0.25) is 0 Å². The normalized spacial score (nSPS) is 15.9. The second-order valence-electron chi connectivity index (χ2n) is 9.11. The third-order valence-electron chi connectivity index (χ3n) is 6.38. The molecule has 1 N–H and O–H groups in total. The van der Waals surface area contributed by atoms with Crippen molar-refractivity contribution in [2.45, 2.75) is 45.8 Å². The summed E-state index contributed by atoms with van der Waals surface area (Å²) in [5.41, 5.74) is 3.00. The van der Waals surface area contributed by atoms with Crippen molar-refractivity contribution < 1.29 is 4.39 Å². The lowest BCUT2D eigenvalue weighted by molar-refractivity contribution is 0.485. The van der Waals surface area contributed by atoms with E-state index in [-0.39, 0.29) is 0 Å². The van der Waals surface area contributed by atoms with Gasteiger partial charge in [-0.25, -0.2) is 9.37 Å². The second kappa shape index (κ2) is 10.2. The smallest absolute Gasteiger partial charge is 0.229 e. The van der Waals surface area contributed by atoms with Gasteiger partial charge < -0.3 is 10.2 Å². The van der Waals surface area contributed by atoms with E-state index in [9.17, 15) is 4.39 Å². The van der Waals surface area contributed by atoms with Gasteiger partial charge in [-0.15, -0.1) is 0 Å². The molecule has 9 heteroatoms. The zero-order chi connectivity index (χ0) is 24.5. The quantitative estimate of drug-likeness (QED) is 0.264. The van der Waals surface area contributed by atoms with Gasteiger partial charge in [0.05, 0.1) is 0 Å². The lowest BCUT2D eigenvalue weighted by Gasteiger charge is -2.27. The third kappa shape index (κ3) is 5.08. The number of rotatable bonds is 7. The molecule has 35 heavy (non-hydrogen) atoms. The van der Waals surface area contributed by atoms with Gasteiger partial charge in [0.1, 0.15) is 17.2 Å². The van der Waals surface area contributed by atoms with Crippen LogP contribution in [0.3, 0.4) is 0 Å². The molecule has 0 amide bonds. The van der Waals surface area contributed by atoms with Crippen molar-refractivity contribution in [3.8, 4) is 0 Å². The maximum atomic E-state index is 13.0. The average Bonchev–Trinajstić information content (AvgIpc) is 3.49. The van der Waals surface area contributed by atoms with Crippen molar-refractivity contribution in [3.63, 3.8) is 0 Å². The largest absolute Gasteiger partial charge is 0.338 e. The summed E-state index contributed by atoms with van der Waals surface area (Å²) in [6.07, 6.45) is 2.76. The van der Waals surface area contributed by atoms with Crippen LogP contribution >= 0.6 is 34.5 Å². The number of aromatic nitrogens is 3. The van der Waals surface area contributed by atoms with Gasteiger partial charge in [-0.2, -0.15) is 9.97 Å². The van der Waals surface area contributed by atoms with Crippen molar-refractivity contribution in [1.82, 2.24) is 15.0 Å². The van der Waals surface area contributed by atoms with Crippen molar-refractivity contribution in [2.75, 3.05) is 16.8 Å². The van der Waals surface area contributed by atoms with Crippen LogP contribution in [0, 0.1) is 5.92 Å². The lowest BCUT2D eigenvalue weighted by Crippen LogP contribution is -2.34. The van der Waals surface area contributed by atoms with Crippen LogP contribution in [-0.2, 0) is 13.1 Å². The van der Waals surface area contributed by atoms with Gasteiger partial charge in [-0.1, -0.05) is 66.6 Å². The Kier molecular flexibility index (Phi) is 7.09. The average molecular weight is 531 g/mol. The molecule has 182 valence electrons. The van der Waals surface area contributed by atoms with Crippen molar-refractivity contribution in [2.24, 2.45) is 5.92 Å². The van der Waals surface area contributed by atoms with E-state index in [1.54, 1.807) is 12.1 Å². The Morgan fingerprint density at radius 2 is 1.83 bits per heavy atom. The fraction of sp³-hybridized carbons (Fsp3) is 0.346. The molecule has 1 unspecified atom stereocenters. The summed E-state index contributed by atoms with van der Waals surface area (Å²) >= 11 is 14.4. The molecule has 0 bridgehead atoms. The number of hydrogen-bond donors (Lipinski definition) is 1. The molecule has 0 aliphatic carbocycles. The van der Waals surface area contributed by atoms with Crippen molar-refractivity contribution in [1.29, 1.82) is 0 Å². The van der Waals surface area contributed by atoms with Crippen LogP contribution in [0.15, 0.2) is 42.5 Å². The van der Waals surface area contributed by atoms with Crippen LogP contribution in [0.25, 0.3) is 10.3 Å². The van der Waals surface area contributed by atoms with Crippen molar-refractivity contribution in [3.05, 3.63) is 68.6 Å². The summed E-state index contributed by atoms with van der Waals surface area (Å²) in [4.78, 5) is 17.9. The predicted octanol–water partition coefficient (Wildman–Crippen LogP) is 7.82. The number of nitrogens with one attached hydrogen (secondary N) is 1. The Labute approximate surface area is 218 Å². The van der Waals surface area contributed by atoms with Gasteiger partial charge in [-0.05, 0) is 54.2 Å². The van der Waals surface area contributed by atoms with Crippen LogP contribution in [-0.4, -0.2) is 27.5 Å². The number of anilines is 3. The summed E-state index contributed by atoms with van der Waals surface area (Å²) in [5.74, 6) is 1.85. The fourth-order valence-electron chi connectivity index (χ4n) is 4.55. The van der Waals surface area contributed by atoms with Crippen molar-refractivity contribution >= 4 is 62.3 Å². The highest BCUT2D eigenvalue weighted by Crippen LogP contribution is 2.35. The molecule has 4 aromatic rings. The molecular weight excluding hydrogens is 504 g/mol. The second-order valence-corrected chi connectivity index (χ2v) is 11.0. The van der Waals surface area contributed by atoms with Gasteiger partial charge in [0, 0.05) is 34.7 Å². The molecular formula is C26H26Cl2FN5S. The Morgan fingerprint density at radius 3 is 2.51 bits per heavy atom. The first-order valence-electron chi connectivity index (χ1n) is 11.7. The van der Waals surface area contributed by atoms with E-state index in [2.05, 4.69) is 24.1 Å². The van der Waals surface area contributed by atoms with E-state index < -0.39 is 6.67 Å². The zero-order valence-corrected chi connectivity index (χ0v) is 21.9. The first kappa shape index (κ1) is 24.2. The minimum atomic E-state index is -0.492. The van der Waals surface area contributed by atoms with Gasteiger partial charge in [0.25, 0.3) is 0 Å². The van der Waals surface area contributed by atoms with Gasteiger partial charge in [0.15, 0.2) is 10.6 Å². The first-order valence-corrected chi connectivity index (χ1v) is 13.3. The van der Waals surface area contributed by atoms with Crippen LogP contribution < -0.4 is 10.2 Å². The van der Waals surface area contributed by atoms with E-state index in [1.807, 2.05) is 30.3 Å². The molecule has 1 aliphatic heterocycles. The summed E-state index contributed by atoms with van der Waals surface area (Å²) in [6, 6.07) is 13.1. The molecule has 1 atom stereocenters. The highest BCUT2D eigenvalue weighted by Gasteiger charge is 2.30. The topological polar surface area (TPSA) is 53.9 Å². The zero-order valence-electron chi connectivity index (χ0n) is 19.6. The summed E-state index contributed by atoms with van der Waals surface area (Å²) in [6.45, 7) is 4.92. The fourth-order valence-corrected chi connectivity index (χ4v) is 6.02. The molecule has 2 aromatic heterocycles. The van der Waals surface area contributed by atoms with Gasteiger partial charge in [0.2, 0.25) is 5.95 Å². The van der Waals surface area contributed by atoms with E-state index in [0.717, 1.165) is 40.5 Å². The number of thiazole rings is 1. The molecule has 0 saturated carbocycles. The summed E-state index contributed by atoms with van der Waals surface area (Å²) in [5, 5.41) is 5.49. The number of halogens is 3. The molecule has 3 heterocycles. The van der Waals surface area contributed by atoms with Crippen LogP contribution in [0.5, 0.6) is 0 Å².